The van der Waals surface area contributed by atoms with Crippen molar-refractivity contribution in [3.05, 3.63) is 29.3 Å². The van der Waals surface area contributed by atoms with E-state index in [0.29, 0.717) is 24.9 Å². The van der Waals surface area contributed by atoms with E-state index in [4.69, 9.17) is 4.74 Å². The van der Waals surface area contributed by atoms with Crippen LogP contribution in [-0.4, -0.2) is 41.6 Å². The molecule has 5 heteroatoms. The van der Waals surface area contributed by atoms with E-state index in [9.17, 15) is 14.7 Å². The number of carbonyl (C=O) groups is 2. The van der Waals surface area contributed by atoms with Crippen LogP contribution in [0.5, 0.6) is 5.75 Å². The Hall–Kier alpha value is -2.04. The number of aromatic hydroxyl groups is 1. The van der Waals surface area contributed by atoms with Crippen LogP contribution in [0.4, 0.5) is 0 Å². The van der Waals surface area contributed by atoms with Crippen LogP contribution in [0.1, 0.15) is 36.2 Å². The highest BCUT2D eigenvalue weighted by molar-refractivity contribution is 5.94. The van der Waals surface area contributed by atoms with Gasteiger partial charge in [0.05, 0.1) is 0 Å². The molecule has 1 aliphatic rings. The van der Waals surface area contributed by atoms with Gasteiger partial charge in [-0.3, -0.25) is 4.79 Å². The van der Waals surface area contributed by atoms with E-state index >= 15 is 0 Å². The van der Waals surface area contributed by atoms with Crippen LogP contribution < -0.4 is 0 Å². The summed E-state index contributed by atoms with van der Waals surface area (Å²) < 4.78 is 5.06. The maximum Gasteiger partial charge on any atom is 0.342 e. The maximum atomic E-state index is 12.2. The topological polar surface area (TPSA) is 66.8 Å². The Bertz CT molecular complexity index is 560. The van der Waals surface area contributed by atoms with Gasteiger partial charge in [0, 0.05) is 13.1 Å². The zero-order valence-electron chi connectivity index (χ0n) is 13.3. The number of esters is 1. The van der Waals surface area contributed by atoms with Crippen molar-refractivity contribution in [1.29, 1.82) is 0 Å². The molecule has 0 aromatic heterocycles. The number of ether oxygens (including phenoxy) is 1. The number of phenols is 1. The molecule has 0 radical (unpaired) electrons. The fourth-order valence-corrected chi connectivity index (χ4v) is 2.98. The molecule has 1 aliphatic heterocycles. The van der Waals surface area contributed by atoms with Gasteiger partial charge in [0.25, 0.3) is 5.91 Å². The van der Waals surface area contributed by atoms with E-state index in [1.165, 1.54) is 6.07 Å². The quantitative estimate of drug-likeness (QED) is 0.871. The summed E-state index contributed by atoms with van der Waals surface area (Å²) in [4.78, 5) is 25.9. The molecular formula is C17H23NO4. The first-order chi connectivity index (χ1) is 10.4. The highest BCUT2D eigenvalue weighted by Gasteiger charge is 2.26. The summed E-state index contributed by atoms with van der Waals surface area (Å²) in [5, 5.41) is 9.69. The first-order valence-electron chi connectivity index (χ1n) is 7.61. The largest absolute Gasteiger partial charge is 0.507 e. The minimum atomic E-state index is -0.673. The molecule has 1 fully saturated rings. The fraction of sp³-hybridized carbons (Fsp3) is 0.529. The lowest BCUT2D eigenvalue weighted by Crippen LogP contribution is -2.44. The van der Waals surface area contributed by atoms with Gasteiger partial charge in [0.1, 0.15) is 11.3 Å². The molecule has 0 aliphatic carbocycles. The molecule has 2 atom stereocenters. The fourth-order valence-electron chi connectivity index (χ4n) is 2.98. The minimum Gasteiger partial charge on any atom is -0.507 e. The number of aryl methyl sites for hydroxylation is 1. The van der Waals surface area contributed by atoms with Crippen LogP contribution in [0.25, 0.3) is 0 Å². The molecule has 0 bridgehead atoms. The number of carbonyl (C=O) groups excluding carboxylic acids is 2. The van der Waals surface area contributed by atoms with Crippen molar-refractivity contribution in [2.24, 2.45) is 11.8 Å². The van der Waals surface area contributed by atoms with Crippen LogP contribution in [0.2, 0.25) is 0 Å². The first kappa shape index (κ1) is 16.3. The number of hydrogen-bond acceptors (Lipinski definition) is 4. The number of nitrogens with zero attached hydrogens (tertiary/aromatic N) is 1. The average Bonchev–Trinajstić information content (AvgIpc) is 2.45. The Labute approximate surface area is 130 Å². The van der Waals surface area contributed by atoms with Gasteiger partial charge >= 0.3 is 5.97 Å². The minimum absolute atomic E-state index is 0.0909. The van der Waals surface area contributed by atoms with Gasteiger partial charge in [-0.15, -0.1) is 0 Å². The van der Waals surface area contributed by atoms with Crippen molar-refractivity contribution in [3.8, 4) is 5.75 Å². The molecule has 0 unspecified atom stereocenters. The molecule has 1 N–H and O–H groups in total. The van der Waals surface area contributed by atoms with E-state index in [1.54, 1.807) is 17.0 Å². The van der Waals surface area contributed by atoms with Crippen LogP contribution >= 0.6 is 0 Å². The van der Waals surface area contributed by atoms with Gasteiger partial charge < -0.3 is 14.7 Å². The van der Waals surface area contributed by atoms with Crippen molar-refractivity contribution < 1.29 is 19.4 Å². The van der Waals surface area contributed by atoms with E-state index in [2.05, 4.69) is 13.8 Å². The van der Waals surface area contributed by atoms with Gasteiger partial charge in [0.15, 0.2) is 6.61 Å². The second kappa shape index (κ2) is 6.81. The summed E-state index contributed by atoms with van der Waals surface area (Å²) in [5.41, 5.74) is 0.933. The Kier molecular flexibility index (Phi) is 5.06. The molecule has 1 amide bonds. The number of likely N-dealkylation sites (tertiary alicyclic amines) is 1. The molecule has 0 saturated carbocycles. The number of benzene rings is 1. The molecule has 22 heavy (non-hydrogen) atoms. The monoisotopic (exact) mass is 305 g/mol. The van der Waals surface area contributed by atoms with Gasteiger partial charge in [-0.2, -0.15) is 0 Å². The van der Waals surface area contributed by atoms with Crippen molar-refractivity contribution >= 4 is 11.9 Å². The Morgan fingerprint density at radius 2 is 1.91 bits per heavy atom. The van der Waals surface area contributed by atoms with E-state index in [-0.39, 0.29) is 23.8 Å². The number of rotatable bonds is 3. The van der Waals surface area contributed by atoms with Crippen molar-refractivity contribution in [2.75, 3.05) is 19.7 Å². The molecule has 2 rings (SSSR count). The SMILES string of the molecule is Cc1ccc(O)c(C(=O)OCC(=O)N2C[C@H](C)C[C@H](C)C2)c1. The first-order valence-corrected chi connectivity index (χ1v) is 7.61. The molecule has 1 aromatic rings. The smallest absolute Gasteiger partial charge is 0.342 e. The number of phenolic OH excluding ortho intramolecular Hbond substituents is 1. The molecule has 1 heterocycles. The van der Waals surface area contributed by atoms with Gasteiger partial charge in [0.2, 0.25) is 0 Å². The predicted octanol–water partition coefficient (Wildman–Crippen LogP) is 2.36. The van der Waals surface area contributed by atoms with Gasteiger partial charge in [-0.05, 0) is 37.3 Å². The van der Waals surface area contributed by atoms with Crippen LogP contribution in [0, 0.1) is 18.8 Å². The Morgan fingerprint density at radius 3 is 2.55 bits per heavy atom. The van der Waals surface area contributed by atoms with Crippen molar-refractivity contribution in [2.45, 2.75) is 27.2 Å². The zero-order chi connectivity index (χ0) is 16.3. The lowest BCUT2D eigenvalue weighted by Gasteiger charge is -2.34. The zero-order valence-corrected chi connectivity index (χ0v) is 13.3. The van der Waals surface area contributed by atoms with E-state index < -0.39 is 5.97 Å². The second-order valence-electron chi connectivity index (χ2n) is 6.34. The summed E-state index contributed by atoms with van der Waals surface area (Å²) >= 11 is 0. The van der Waals surface area contributed by atoms with Crippen molar-refractivity contribution in [3.63, 3.8) is 0 Å². The van der Waals surface area contributed by atoms with E-state index in [0.717, 1.165) is 12.0 Å². The summed E-state index contributed by atoms with van der Waals surface area (Å²) in [7, 11) is 0. The highest BCUT2D eigenvalue weighted by atomic mass is 16.5. The molecular weight excluding hydrogens is 282 g/mol. The molecule has 5 nitrogen and oxygen atoms in total. The number of amides is 1. The van der Waals surface area contributed by atoms with Crippen LogP contribution in [0.15, 0.2) is 18.2 Å². The van der Waals surface area contributed by atoms with Crippen molar-refractivity contribution in [1.82, 2.24) is 4.90 Å². The number of piperidine rings is 1. The third-order valence-electron chi connectivity index (χ3n) is 3.92. The molecule has 0 spiro atoms. The summed E-state index contributed by atoms with van der Waals surface area (Å²) in [6.45, 7) is 7.18. The Balaban J connectivity index is 1.93. The summed E-state index contributed by atoms with van der Waals surface area (Å²) in [6.07, 6.45) is 1.11. The lowest BCUT2D eigenvalue weighted by molar-refractivity contribution is -0.137. The summed E-state index contributed by atoms with van der Waals surface area (Å²) in [6, 6.07) is 4.70. The predicted molar refractivity (Wildman–Crippen MR) is 82.7 cm³/mol. The third kappa shape index (κ3) is 4.00. The Morgan fingerprint density at radius 1 is 1.27 bits per heavy atom. The molecule has 1 saturated heterocycles. The lowest BCUT2D eigenvalue weighted by atomic mass is 9.92. The maximum absolute atomic E-state index is 12.2. The molecule has 1 aromatic carbocycles. The number of hydrogen-bond donors (Lipinski definition) is 1. The van der Waals surface area contributed by atoms with E-state index in [1.807, 2.05) is 6.92 Å². The summed E-state index contributed by atoms with van der Waals surface area (Å²) in [5.74, 6) is -0.0664. The normalized spacial score (nSPS) is 21.5. The average molecular weight is 305 g/mol. The third-order valence-corrected chi connectivity index (χ3v) is 3.92. The van der Waals surface area contributed by atoms with Gasteiger partial charge in [-0.1, -0.05) is 25.5 Å². The van der Waals surface area contributed by atoms with Crippen LogP contribution in [-0.2, 0) is 9.53 Å². The standard InChI is InChI=1S/C17H23NO4/c1-11-4-5-15(19)14(7-11)17(21)22-10-16(20)18-8-12(2)6-13(3)9-18/h4-5,7,12-13,19H,6,8-10H2,1-3H3/t12-,13+. The molecule has 120 valence electrons. The highest BCUT2D eigenvalue weighted by Crippen LogP contribution is 2.22. The van der Waals surface area contributed by atoms with Crippen LogP contribution in [0.3, 0.4) is 0 Å². The van der Waals surface area contributed by atoms with Gasteiger partial charge in [-0.25, -0.2) is 4.79 Å². The second-order valence-corrected chi connectivity index (χ2v) is 6.34.